The van der Waals surface area contributed by atoms with Crippen molar-refractivity contribution in [2.75, 3.05) is 32.8 Å². The number of benzene rings is 1. The number of aromatic nitrogens is 1. The van der Waals surface area contributed by atoms with Crippen LogP contribution in [0.15, 0.2) is 42.6 Å². The molecule has 2 aliphatic heterocycles. The number of amides is 2. The molecule has 0 spiro atoms. The number of carbonyl (C=O) groups is 2. The molecule has 1 fully saturated rings. The number of ether oxygens (including phenoxy) is 2. The highest BCUT2D eigenvalue weighted by molar-refractivity contribution is 5.98. The van der Waals surface area contributed by atoms with Crippen molar-refractivity contribution in [1.82, 2.24) is 14.8 Å². The summed E-state index contributed by atoms with van der Waals surface area (Å²) in [4.78, 5) is 34.0. The zero-order chi connectivity index (χ0) is 22.3. The second kappa shape index (κ2) is 10.5. The number of aliphatic hydroxyl groups is 1. The molecule has 0 saturated carbocycles. The Hall–Kier alpha value is -3.13. The third-order valence-electron chi connectivity index (χ3n) is 5.82. The zero-order valence-corrected chi connectivity index (χ0v) is 18.1. The first-order chi connectivity index (χ1) is 15.6. The molecule has 1 aromatic heterocycles. The van der Waals surface area contributed by atoms with Crippen LogP contribution in [0.25, 0.3) is 0 Å². The van der Waals surface area contributed by atoms with Gasteiger partial charge in [-0.1, -0.05) is 12.1 Å². The molecule has 0 aliphatic carbocycles. The molecule has 2 amide bonds. The fourth-order valence-electron chi connectivity index (χ4n) is 3.96. The average Bonchev–Trinajstić information content (AvgIpc) is 2.82. The Balaban J connectivity index is 1.58. The van der Waals surface area contributed by atoms with Gasteiger partial charge in [0.2, 0.25) is 11.8 Å². The van der Waals surface area contributed by atoms with Crippen LogP contribution in [0.4, 0.5) is 0 Å². The van der Waals surface area contributed by atoms with Crippen molar-refractivity contribution in [2.45, 2.75) is 38.2 Å². The molecule has 1 aromatic carbocycles. The van der Waals surface area contributed by atoms with E-state index in [2.05, 4.69) is 4.98 Å². The number of rotatable bonds is 2. The Morgan fingerprint density at radius 1 is 1.03 bits per heavy atom. The van der Waals surface area contributed by atoms with Gasteiger partial charge in [-0.3, -0.25) is 9.59 Å². The van der Waals surface area contributed by atoms with Gasteiger partial charge in [-0.2, -0.15) is 0 Å². The fraction of sp³-hybridized carbons (Fsp3) is 0.458. The molecule has 3 heterocycles. The molecule has 0 atom stereocenters. The van der Waals surface area contributed by atoms with Gasteiger partial charge in [0.25, 0.3) is 5.91 Å². The molecule has 2 aromatic rings. The number of likely N-dealkylation sites (tertiary alicyclic amines) is 1. The quantitative estimate of drug-likeness (QED) is 0.774. The fourth-order valence-corrected chi connectivity index (χ4v) is 3.96. The number of hydrogen-bond donors (Lipinski definition) is 1. The number of hydrogen-bond acceptors (Lipinski definition) is 6. The van der Waals surface area contributed by atoms with Crippen LogP contribution < -0.4 is 9.47 Å². The van der Waals surface area contributed by atoms with Crippen LogP contribution in [0.1, 0.15) is 42.5 Å². The number of fused-ring (bicyclic) bond motifs is 2. The van der Waals surface area contributed by atoms with Crippen molar-refractivity contribution in [3.63, 3.8) is 0 Å². The van der Waals surface area contributed by atoms with E-state index in [9.17, 15) is 14.7 Å². The van der Waals surface area contributed by atoms with Crippen LogP contribution in [0.3, 0.4) is 0 Å². The maximum absolute atomic E-state index is 13.5. The standard InChI is InChI=1S/C24H29N3O5/c28-18-10-14-26(15-11-18)22(29)17-27-13-4-1-5-16-31-20-8-2-3-9-21(20)32-23-19(24(27)30)7-6-12-25-23/h2-3,6-9,12,18,28H,1,4-5,10-11,13-17H2. The van der Waals surface area contributed by atoms with Crippen LogP contribution in [-0.4, -0.2) is 70.6 Å². The molecule has 8 heteroatoms. The molecule has 0 unspecified atom stereocenters. The number of piperidine rings is 1. The van der Waals surface area contributed by atoms with Gasteiger partial charge in [0.15, 0.2) is 11.5 Å². The minimum Gasteiger partial charge on any atom is -0.490 e. The van der Waals surface area contributed by atoms with Crippen molar-refractivity contribution < 1.29 is 24.2 Å². The van der Waals surface area contributed by atoms with E-state index in [0.29, 0.717) is 56.1 Å². The summed E-state index contributed by atoms with van der Waals surface area (Å²) in [6.07, 6.45) is 4.82. The molecule has 32 heavy (non-hydrogen) atoms. The Kier molecular flexibility index (Phi) is 7.21. The van der Waals surface area contributed by atoms with Crippen molar-refractivity contribution in [3.05, 3.63) is 48.2 Å². The second-order valence-corrected chi connectivity index (χ2v) is 8.15. The first-order valence-electron chi connectivity index (χ1n) is 11.2. The Labute approximate surface area is 187 Å². The number of aliphatic hydroxyl groups excluding tert-OH is 1. The summed E-state index contributed by atoms with van der Waals surface area (Å²) in [6.45, 7) is 2.02. The molecular weight excluding hydrogens is 410 g/mol. The summed E-state index contributed by atoms with van der Waals surface area (Å²) in [5.41, 5.74) is 0.309. The smallest absolute Gasteiger partial charge is 0.259 e. The SMILES string of the molecule is O=C(CN1CCCCCOc2ccccc2Oc2ncccc2C1=O)N1CCC(O)CC1. The van der Waals surface area contributed by atoms with Gasteiger partial charge in [0, 0.05) is 25.8 Å². The molecule has 0 bridgehead atoms. The van der Waals surface area contributed by atoms with Crippen molar-refractivity contribution in [2.24, 2.45) is 0 Å². The first kappa shape index (κ1) is 22.1. The minimum absolute atomic E-state index is 0.00362. The summed E-state index contributed by atoms with van der Waals surface area (Å²) in [7, 11) is 0. The van der Waals surface area contributed by atoms with Crippen LogP contribution in [0, 0.1) is 0 Å². The highest BCUT2D eigenvalue weighted by atomic mass is 16.5. The van der Waals surface area contributed by atoms with Gasteiger partial charge >= 0.3 is 0 Å². The average molecular weight is 440 g/mol. The van der Waals surface area contributed by atoms with Crippen LogP contribution >= 0.6 is 0 Å². The molecule has 170 valence electrons. The van der Waals surface area contributed by atoms with E-state index in [1.165, 1.54) is 0 Å². The normalized spacial score (nSPS) is 18.2. The maximum atomic E-state index is 13.5. The minimum atomic E-state index is -0.355. The molecular formula is C24H29N3O5. The number of nitrogens with zero attached hydrogens (tertiary/aromatic N) is 3. The van der Waals surface area contributed by atoms with Crippen LogP contribution in [0.2, 0.25) is 0 Å². The number of para-hydroxylation sites is 2. The predicted octanol–water partition coefficient (Wildman–Crippen LogP) is 2.86. The van der Waals surface area contributed by atoms with E-state index >= 15 is 0 Å². The summed E-state index contributed by atoms with van der Waals surface area (Å²) in [5.74, 6) is 0.904. The summed E-state index contributed by atoms with van der Waals surface area (Å²) < 4.78 is 11.9. The monoisotopic (exact) mass is 439 g/mol. The van der Waals surface area contributed by atoms with Gasteiger partial charge in [-0.15, -0.1) is 0 Å². The predicted molar refractivity (Wildman–Crippen MR) is 118 cm³/mol. The zero-order valence-electron chi connectivity index (χ0n) is 18.1. The summed E-state index contributed by atoms with van der Waals surface area (Å²) in [5, 5.41) is 9.72. The van der Waals surface area contributed by atoms with Crippen LogP contribution in [-0.2, 0) is 4.79 Å². The largest absolute Gasteiger partial charge is 0.490 e. The van der Waals surface area contributed by atoms with E-state index in [0.717, 1.165) is 19.3 Å². The molecule has 2 aliphatic rings. The van der Waals surface area contributed by atoms with Gasteiger partial charge in [0.05, 0.1) is 12.7 Å². The van der Waals surface area contributed by atoms with E-state index in [4.69, 9.17) is 9.47 Å². The van der Waals surface area contributed by atoms with Crippen molar-refractivity contribution >= 4 is 11.8 Å². The highest BCUT2D eigenvalue weighted by Crippen LogP contribution is 2.32. The lowest BCUT2D eigenvalue weighted by Crippen LogP contribution is -2.46. The van der Waals surface area contributed by atoms with Gasteiger partial charge in [0.1, 0.15) is 12.1 Å². The second-order valence-electron chi connectivity index (χ2n) is 8.15. The lowest BCUT2D eigenvalue weighted by Gasteiger charge is -2.32. The Bertz CT molecular complexity index is 943. The topological polar surface area (TPSA) is 92.2 Å². The summed E-state index contributed by atoms with van der Waals surface area (Å²) in [6, 6.07) is 10.7. The van der Waals surface area contributed by atoms with Crippen molar-refractivity contribution in [1.29, 1.82) is 0 Å². The third-order valence-corrected chi connectivity index (χ3v) is 5.82. The van der Waals surface area contributed by atoms with Crippen molar-refractivity contribution in [3.8, 4) is 17.4 Å². The number of carbonyl (C=O) groups excluding carboxylic acids is 2. The lowest BCUT2D eigenvalue weighted by molar-refractivity contribution is -0.133. The van der Waals surface area contributed by atoms with Gasteiger partial charge in [-0.25, -0.2) is 4.98 Å². The Morgan fingerprint density at radius 3 is 2.62 bits per heavy atom. The van der Waals surface area contributed by atoms with Gasteiger partial charge < -0.3 is 24.4 Å². The Morgan fingerprint density at radius 2 is 1.81 bits per heavy atom. The lowest BCUT2D eigenvalue weighted by atomic mass is 10.1. The maximum Gasteiger partial charge on any atom is 0.259 e. The van der Waals surface area contributed by atoms with Gasteiger partial charge in [-0.05, 0) is 56.4 Å². The van der Waals surface area contributed by atoms with E-state index < -0.39 is 0 Å². The highest BCUT2D eigenvalue weighted by Gasteiger charge is 2.27. The molecule has 8 nitrogen and oxygen atoms in total. The van der Waals surface area contributed by atoms with Crippen LogP contribution in [0.5, 0.6) is 17.4 Å². The molecule has 1 N–H and O–H groups in total. The molecule has 4 rings (SSSR count). The van der Waals surface area contributed by atoms with E-state index in [-0.39, 0.29) is 30.3 Å². The molecule has 1 saturated heterocycles. The third kappa shape index (κ3) is 5.37. The number of pyridine rings is 1. The van der Waals surface area contributed by atoms with E-state index in [1.807, 2.05) is 18.2 Å². The summed E-state index contributed by atoms with van der Waals surface area (Å²) >= 11 is 0. The molecule has 0 radical (unpaired) electrons. The van der Waals surface area contributed by atoms with E-state index in [1.54, 1.807) is 34.2 Å². The first-order valence-corrected chi connectivity index (χ1v) is 11.2.